The number of ether oxygens (including phenoxy) is 1. The second-order valence-corrected chi connectivity index (χ2v) is 4.60. The molecule has 0 aromatic heterocycles. The van der Waals surface area contributed by atoms with Crippen LogP contribution in [0.1, 0.15) is 31.8 Å². The van der Waals surface area contributed by atoms with Crippen molar-refractivity contribution in [2.45, 2.75) is 13.5 Å². The minimum Gasteiger partial charge on any atom is -0.478 e. The first-order valence-corrected chi connectivity index (χ1v) is 6.33. The van der Waals surface area contributed by atoms with Crippen LogP contribution in [0.25, 0.3) is 0 Å². The van der Waals surface area contributed by atoms with Crippen molar-refractivity contribution in [3.8, 4) is 0 Å². The second kappa shape index (κ2) is 6.09. The molecule has 0 heterocycles. The van der Waals surface area contributed by atoms with E-state index in [0.29, 0.717) is 16.8 Å². The SMILES string of the molecule is Cc1c(N)cccc1C(=O)OCc1ccc(C(=O)O)cc1. The molecule has 0 fully saturated rings. The average Bonchev–Trinajstić information content (AvgIpc) is 2.48. The zero-order valence-electron chi connectivity index (χ0n) is 11.5. The molecule has 108 valence electrons. The molecule has 5 nitrogen and oxygen atoms in total. The predicted molar refractivity (Wildman–Crippen MR) is 78.1 cm³/mol. The summed E-state index contributed by atoms with van der Waals surface area (Å²) in [5.41, 5.74) is 8.31. The minimum absolute atomic E-state index is 0.0764. The van der Waals surface area contributed by atoms with E-state index in [4.69, 9.17) is 15.6 Å². The summed E-state index contributed by atoms with van der Waals surface area (Å²) in [6, 6.07) is 11.2. The number of anilines is 1. The minimum atomic E-state index is -0.992. The lowest BCUT2D eigenvalue weighted by Crippen LogP contribution is -2.08. The van der Waals surface area contributed by atoms with Crippen molar-refractivity contribution in [2.24, 2.45) is 0 Å². The van der Waals surface area contributed by atoms with Crippen LogP contribution in [0.3, 0.4) is 0 Å². The van der Waals surface area contributed by atoms with Gasteiger partial charge in [-0.05, 0) is 42.3 Å². The van der Waals surface area contributed by atoms with Crippen LogP contribution in [0, 0.1) is 6.92 Å². The van der Waals surface area contributed by atoms with E-state index in [1.807, 2.05) is 0 Å². The summed E-state index contributed by atoms with van der Waals surface area (Å²) in [5, 5.41) is 8.80. The maximum absolute atomic E-state index is 12.0. The maximum Gasteiger partial charge on any atom is 0.338 e. The summed E-state index contributed by atoms with van der Waals surface area (Å²) in [5.74, 6) is -1.45. The number of hydrogen-bond donors (Lipinski definition) is 2. The monoisotopic (exact) mass is 285 g/mol. The normalized spacial score (nSPS) is 10.1. The van der Waals surface area contributed by atoms with Gasteiger partial charge in [0.1, 0.15) is 6.61 Å². The van der Waals surface area contributed by atoms with E-state index in [0.717, 1.165) is 5.56 Å². The highest BCUT2D eigenvalue weighted by atomic mass is 16.5. The number of rotatable bonds is 4. The Bertz CT molecular complexity index is 677. The Kier molecular flexibility index (Phi) is 4.23. The summed E-state index contributed by atoms with van der Waals surface area (Å²) in [7, 11) is 0. The Hall–Kier alpha value is -2.82. The highest BCUT2D eigenvalue weighted by molar-refractivity contribution is 5.92. The Balaban J connectivity index is 2.04. The van der Waals surface area contributed by atoms with Gasteiger partial charge in [-0.3, -0.25) is 0 Å². The number of carboxylic acids is 1. The largest absolute Gasteiger partial charge is 0.478 e. The zero-order chi connectivity index (χ0) is 15.4. The van der Waals surface area contributed by atoms with Crippen LogP contribution in [0.4, 0.5) is 5.69 Å². The molecule has 0 saturated carbocycles. The molecule has 5 heteroatoms. The van der Waals surface area contributed by atoms with E-state index < -0.39 is 11.9 Å². The third-order valence-electron chi connectivity index (χ3n) is 3.17. The second-order valence-electron chi connectivity index (χ2n) is 4.60. The van der Waals surface area contributed by atoms with Crippen LogP contribution in [0.5, 0.6) is 0 Å². The summed E-state index contributed by atoms with van der Waals surface area (Å²) in [6.45, 7) is 1.83. The Morgan fingerprint density at radius 1 is 1.14 bits per heavy atom. The van der Waals surface area contributed by atoms with Crippen LogP contribution in [0.2, 0.25) is 0 Å². The van der Waals surface area contributed by atoms with Gasteiger partial charge in [-0.15, -0.1) is 0 Å². The Labute approximate surface area is 122 Å². The van der Waals surface area contributed by atoms with Gasteiger partial charge < -0.3 is 15.6 Å². The molecule has 0 bridgehead atoms. The van der Waals surface area contributed by atoms with Crippen LogP contribution in [-0.4, -0.2) is 17.0 Å². The number of esters is 1. The van der Waals surface area contributed by atoms with Crippen LogP contribution in [-0.2, 0) is 11.3 Å². The number of nitrogens with two attached hydrogens (primary N) is 1. The summed E-state index contributed by atoms with van der Waals surface area (Å²) in [6.07, 6.45) is 0. The molecule has 0 atom stereocenters. The van der Waals surface area contributed by atoms with Crippen molar-refractivity contribution in [1.29, 1.82) is 0 Å². The molecule has 0 radical (unpaired) electrons. The molecule has 21 heavy (non-hydrogen) atoms. The van der Waals surface area contributed by atoms with Crippen molar-refractivity contribution in [1.82, 2.24) is 0 Å². The molecule has 0 aliphatic rings. The van der Waals surface area contributed by atoms with Gasteiger partial charge in [0.15, 0.2) is 0 Å². The van der Waals surface area contributed by atoms with E-state index >= 15 is 0 Å². The number of carbonyl (C=O) groups is 2. The fourth-order valence-corrected chi connectivity index (χ4v) is 1.84. The van der Waals surface area contributed by atoms with E-state index in [1.165, 1.54) is 12.1 Å². The van der Waals surface area contributed by atoms with E-state index in [2.05, 4.69) is 0 Å². The fraction of sp³-hybridized carbons (Fsp3) is 0.125. The molecule has 2 aromatic rings. The standard InChI is InChI=1S/C16H15NO4/c1-10-13(3-2-4-14(10)17)16(20)21-9-11-5-7-12(8-6-11)15(18)19/h2-8H,9,17H2,1H3,(H,18,19). The van der Waals surface area contributed by atoms with Gasteiger partial charge in [-0.25, -0.2) is 9.59 Å². The first-order chi connectivity index (χ1) is 9.99. The molecule has 2 rings (SSSR count). The maximum atomic E-state index is 12.0. The van der Waals surface area contributed by atoms with Gasteiger partial charge in [0.2, 0.25) is 0 Å². The fourth-order valence-electron chi connectivity index (χ4n) is 1.84. The van der Waals surface area contributed by atoms with Crippen molar-refractivity contribution in [2.75, 3.05) is 5.73 Å². The summed E-state index contributed by atoms with van der Waals surface area (Å²) in [4.78, 5) is 22.7. The Morgan fingerprint density at radius 2 is 1.81 bits per heavy atom. The van der Waals surface area contributed by atoms with Crippen molar-refractivity contribution in [3.63, 3.8) is 0 Å². The molecule has 2 aromatic carbocycles. The van der Waals surface area contributed by atoms with Crippen LogP contribution >= 0.6 is 0 Å². The van der Waals surface area contributed by atoms with Crippen LogP contribution in [0.15, 0.2) is 42.5 Å². The summed E-state index contributed by atoms with van der Waals surface area (Å²) >= 11 is 0. The highest BCUT2D eigenvalue weighted by Gasteiger charge is 2.12. The molecular formula is C16H15NO4. The predicted octanol–water partition coefficient (Wildman–Crippen LogP) is 2.63. The molecule has 0 aliphatic carbocycles. The van der Waals surface area contributed by atoms with Gasteiger partial charge in [0.05, 0.1) is 11.1 Å². The van der Waals surface area contributed by atoms with Crippen molar-refractivity contribution < 1.29 is 19.4 Å². The first kappa shape index (κ1) is 14.6. The van der Waals surface area contributed by atoms with Gasteiger partial charge in [0, 0.05) is 5.69 Å². The molecule has 0 amide bonds. The van der Waals surface area contributed by atoms with E-state index in [9.17, 15) is 9.59 Å². The van der Waals surface area contributed by atoms with Crippen molar-refractivity contribution in [3.05, 3.63) is 64.7 Å². The smallest absolute Gasteiger partial charge is 0.338 e. The number of hydrogen-bond acceptors (Lipinski definition) is 4. The van der Waals surface area contributed by atoms with Gasteiger partial charge in [0.25, 0.3) is 0 Å². The van der Waals surface area contributed by atoms with Gasteiger partial charge >= 0.3 is 11.9 Å². The lowest BCUT2D eigenvalue weighted by Gasteiger charge is -2.09. The number of benzene rings is 2. The van der Waals surface area contributed by atoms with Crippen LogP contribution < -0.4 is 5.73 Å². The lowest BCUT2D eigenvalue weighted by atomic mass is 10.1. The highest BCUT2D eigenvalue weighted by Crippen LogP contribution is 2.17. The van der Waals surface area contributed by atoms with Gasteiger partial charge in [-0.2, -0.15) is 0 Å². The number of carboxylic acid groups (broad SMARTS) is 1. The number of carbonyl (C=O) groups excluding carboxylic acids is 1. The zero-order valence-corrected chi connectivity index (χ0v) is 11.5. The topological polar surface area (TPSA) is 89.6 Å². The number of nitrogen functional groups attached to an aromatic ring is 1. The average molecular weight is 285 g/mol. The molecule has 3 N–H and O–H groups in total. The summed E-state index contributed by atoms with van der Waals surface area (Å²) < 4.78 is 5.21. The third kappa shape index (κ3) is 3.39. The quantitative estimate of drug-likeness (QED) is 0.665. The molecule has 0 saturated heterocycles. The van der Waals surface area contributed by atoms with Crippen molar-refractivity contribution >= 4 is 17.6 Å². The number of aromatic carboxylic acids is 1. The molecule has 0 unspecified atom stereocenters. The van der Waals surface area contributed by atoms with Gasteiger partial charge in [-0.1, -0.05) is 18.2 Å². The first-order valence-electron chi connectivity index (χ1n) is 6.33. The van der Waals surface area contributed by atoms with E-state index in [1.54, 1.807) is 37.3 Å². The molecule has 0 aliphatic heterocycles. The third-order valence-corrected chi connectivity index (χ3v) is 3.17. The molecular weight excluding hydrogens is 270 g/mol. The lowest BCUT2D eigenvalue weighted by molar-refractivity contribution is 0.0471. The Morgan fingerprint density at radius 3 is 2.43 bits per heavy atom. The van der Waals surface area contributed by atoms with E-state index in [-0.39, 0.29) is 12.2 Å². The molecule has 0 spiro atoms.